The molecule has 1 fully saturated rings. The molecule has 154 valence electrons. The number of Topliss-reactive ketones (excluding diaryl/α,β-unsaturated/α-hetero) is 1. The Morgan fingerprint density at radius 3 is 2.34 bits per heavy atom. The summed E-state index contributed by atoms with van der Waals surface area (Å²) in [7, 11) is 1.31. The zero-order valence-corrected chi connectivity index (χ0v) is 17.3. The lowest BCUT2D eigenvalue weighted by atomic mass is 9.93. The zero-order chi connectivity index (χ0) is 21.0. The Labute approximate surface area is 171 Å². The maximum atomic E-state index is 13.2. The van der Waals surface area contributed by atoms with Crippen LogP contribution in [-0.2, 0) is 4.74 Å². The second kappa shape index (κ2) is 9.07. The summed E-state index contributed by atoms with van der Waals surface area (Å²) in [4.78, 5) is 43.1. The Morgan fingerprint density at radius 1 is 1.07 bits per heavy atom. The Bertz CT molecular complexity index is 895. The quantitative estimate of drug-likeness (QED) is 0.589. The molecule has 1 aromatic heterocycles. The fraction of sp³-hybridized carbons (Fsp3) is 0.435. The van der Waals surface area contributed by atoms with Gasteiger partial charge in [0.05, 0.1) is 13.7 Å². The van der Waals surface area contributed by atoms with E-state index in [1.807, 2.05) is 18.2 Å². The van der Waals surface area contributed by atoms with Crippen molar-refractivity contribution in [1.29, 1.82) is 0 Å². The number of benzene rings is 1. The van der Waals surface area contributed by atoms with E-state index in [9.17, 15) is 14.4 Å². The van der Waals surface area contributed by atoms with Gasteiger partial charge in [-0.15, -0.1) is 0 Å². The molecule has 1 saturated carbocycles. The highest BCUT2D eigenvalue weighted by molar-refractivity contribution is 6.05. The van der Waals surface area contributed by atoms with Crippen LogP contribution in [0.15, 0.2) is 30.3 Å². The second-order valence-electron chi connectivity index (χ2n) is 7.63. The molecule has 0 bridgehead atoms. The lowest BCUT2D eigenvalue weighted by Crippen LogP contribution is -2.44. The van der Waals surface area contributed by atoms with Crippen LogP contribution in [-0.4, -0.2) is 47.2 Å². The van der Waals surface area contributed by atoms with Crippen LogP contribution >= 0.6 is 0 Å². The molecule has 1 aromatic carbocycles. The lowest BCUT2D eigenvalue weighted by Gasteiger charge is -2.34. The minimum Gasteiger partial charge on any atom is -0.464 e. The number of amides is 1. The second-order valence-corrected chi connectivity index (χ2v) is 7.63. The third-order valence-corrected chi connectivity index (χ3v) is 5.72. The number of methoxy groups -OCH3 is 1. The highest BCUT2D eigenvalue weighted by Gasteiger charge is 2.30. The van der Waals surface area contributed by atoms with Gasteiger partial charge in [-0.2, -0.15) is 0 Å². The summed E-state index contributed by atoms with van der Waals surface area (Å²) < 4.78 is 4.79. The number of hydrogen-bond acceptors (Lipinski definition) is 4. The molecule has 6 heteroatoms. The van der Waals surface area contributed by atoms with Crippen molar-refractivity contribution in [2.24, 2.45) is 0 Å². The van der Waals surface area contributed by atoms with Crippen LogP contribution in [0.5, 0.6) is 0 Å². The molecule has 0 unspecified atom stereocenters. The van der Waals surface area contributed by atoms with Gasteiger partial charge in [-0.1, -0.05) is 37.5 Å². The molecule has 1 amide bonds. The lowest BCUT2D eigenvalue weighted by molar-refractivity contribution is 0.0588. The standard InChI is InChI=1S/C23H28N2O4/c1-15-20(16(2)24-21(15)23(28)29-3)19(26)14-25(18-12-8-5-9-13-18)22(27)17-10-6-4-7-11-17/h4,6-7,10-11,18,24H,5,8-9,12-14H2,1-3H3. The average Bonchev–Trinajstić information content (AvgIpc) is 3.06. The summed E-state index contributed by atoms with van der Waals surface area (Å²) >= 11 is 0. The number of carbonyl (C=O) groups is 3. The van der Waals surface area contributed by atoms with Gasteiger partial charge in [0.2, 0.25) is 0 Å². The van der Waals surface area contributed by atoms with Gasteiger partial charge in [-0.05, 0) is 44.4 Å². The smallest absolute Gasteiger partial charge is 0.354 e. The largest absolute Gasteiger partial charge is 0.464 e. The van der Waals surface area contributed by atoms with Crippen molar-refractivity contribution in [2.45, 2.75) is 52.0 Å². The minimum absolute atomic E-state index is 0.00145. The van der Waals surface area contributed by atoms with Gasteiger partial charge in [0.25, 0.3) is 5.91 Å². The number of ketones is 1. The van der Waals surface area contributed by atoms with Crippen molar-refractivity contribution in [3.8, 4) is 0 Å². The molecule has 6 nitrogen and oxygen atoms in total. The Morgan fingerprint density at radius 2 is 1.72 bits per heavy atom. The molecule has 0 atom stereocenters. The third kappa shape index (κ3) is 4.42. The third-order valence-electron chi connectivity index (χ3n) is 5.72. The Balaban J connectivity index is 1.90. The van der Waals surface area contributed by atoms with Crippen LogP contribution < -0.4 is 0 Å². The summed E-state index contributed by atoms with van der Waals surface area (Å²) in [6, 6.07) is 9.15. The highest BCUT2D eigenvalue weighted by atomic mass is 16.5. The fourth-order valence-electron chi connectivity index (χ4n) is 4.21. The number of nitrogens with one attached hydrogen (secondary N) is 1. The van der Waals surface area contributed by atoms with E-state index in [0.717, 1.165) is 32.1 Å². The maximum Gasteiger partial charge on any atom is 0.354 e. The summed E-state index contributed by atoms with van der Waals surface area (Å²) in [6.07, 6.45) is 5.10. The van der Waals surface area contributed by atoms with Crippen LogP contribution in [0.1, 0.15) is 74.6 Å². The number of rotatable bonds is 6. The van der Waals surface area contributed by atoms with E-state index in [1.54, 1.807) is 30.9 Å². The summed E-state index contributed by atoms with van der Waals surface area (Å²) in [5, 5.41) is 0. The average molecular weight is 396 g/mol. The van der Waals surface area contributed by atoms with Crippen molar-refractivity contribution in [2.75, 3.05) is 13.7 Å². The molecule has 1 heterocycles. The Kier molecular flexibility index (Phi) is 6.52. The van der Waals surface area contributed by atoms with Gasteiger partial charge in [-0.25, -0.2) is 4.79 Å². The van der Waals surface area contributed by atoms with E-state index in [2.05, 4.69) is 4.98 Å². The van der Waals surface area contributed by atoms with Crippen LogP contribution in [0.2, 0.25) is 0 Å². The first-order chi connectivity index (χ1) is 13.9. The van der Waals surface area contributed by atoms with Gasteiger partial charge in [0, 0.05) is 22.9 Å². The predicted molar refractivity (Wildman–Crippen MR) is 110 cm³/mol. The molecule has 1 N–H and O–H groups in total. The highest BCUT2D eigenvalue weighted by Crippen LogP contribution is 2.26. The number of carbonyl (C=O) groups excluding carboxylic acids is 3. The minimum atomic E-state index is -0.505. The first-order valence-electron chi connectivity index (χ1n) is 10.1. The number of ether oxygens (including phenoxy) is 1. The Hall–Kier alpha value is -2.89. The predicted octanol–water partition coefficient (Wildman–Crippen LogP) is 4.08. The van der Waals surface area contributed by atoms with Crippen LogP contribution in [0.4, 0.5) is 0 Å². The van der Waals surface area contributed by atoms with Crippen LogP contribution in [0.3, 0.4) is 0 Å². The fourth-order valence-corrected chi connectivity index (χ4v) is 4.21. The SMILES string of the molecule is COC(=O)c1[nH]c(C)c(C(=O)CN(C(=O)c2ccccc2)C2CCCCC2)c1C. The first kappa shape index (κ1) is 20.8. The summed E-state index contributed by atoms with van der Waals surface area (Å²) in [5.41, 5.74) is 2.52. The van der Waals surface area contributed by atoms with Gasteiger partial charge >= 0.3 is 5.97 Å². The molecule has 29 heavy (non-hydrogen) atoms. The molecule has 2 aromatic rings. The number of hydrogen-bond donors (Lipinski definition) is 1. The maximum absolute atomic E-state index is 13.2. The number of esters is 1. The van der Waals surface area contributed by atoms with Gasteiger partial charge in [-0.3, -0.25) is 9.59 Å². The molecular formula is C23H28N2O4. The summed E-state index contributed by atoms with van der Waals surface area (Å²) in [6.45, 7) is 3.49. The topological polar surface area (TPSA) is 79.5 Å². The summed E-state index contributed by atoms with van der Waals surface area (Å²) in [5.74, 6) is -0.791. The molecule has 1 aliphatic carbocycles. The molecular weight excluding hydrogens is 368 g/mol. The van der Waals surface area contributed by atoms with Crippen molar-refractivity contribution >= 4 is 17.7 Å². The molecule has 3 rings (SSSR count). The number of aromatic amines is 1. The van der Waals surface area contributed by atoms with Crippen molar-refractivity contribution < 1.29 is 19.1 Å². The monoisotopic (exact) mass is 396 g/mol. The van der Waals surface area contributed by atoms with Crippen molar-refractivity contribution in [3.05, 3.63) is 58.4 Å². The normalized spacial score (nSPS) is 14.4. The van der Waals surface area contributed by atoms with Crippen LogP contribution in [0.25, 0.3) is 0 Å². The van der Waals surface area contributed by atoms with E-state index in [-0.39, 0.29) is 30.0 Å². The van der Waals surface area contributed by atoms with E-state index in [0.29, 0.717) is 22.4 Å². The molecule has 0 radical (unpaired) electrons. The molecule has 1 aliphatic rings. The van der Waals surface area contributed by atoms with E-state index in [1.165, 1.54) is 7.11 Å². The van der Waals surface area contributed by atoms with Gasteiger partial charge in [0.1, 0.15) is 5.69 Å². The number of H-pyrrole nitrogens is 1. The number of aromatic nitrogens is 1. The molecule has 0 saturated heterocycles. The molecule has 0 aliphatic heterocycles. The van der Waals surface area contributed by atoms with Gasteiger partial charge in [0.15, 0.2) is 5.78 Å². The first-order valence-corrected chi connectivity index (χ1v) is 10.1. The van der Waals surface area contributed by atoms with Crippen LogP contribution in [0, 0.1) is 13.8 Å². The zero-order valence-electron chi connectivity index (χ0n) is 17.3. The van der Waals surface area contributed by atoms with E-state index < -0.39 is 5.97 Å². The molecule has 0 spiro atoms. The van der Waals surface area contributed by atoms with Crippen molar-refractivity contribution in [1.82, 2.24) is 9.88 Å². The number of nitrogens with zero attached hydrogens (tertiary/aromatic N) is 1. The van der Waals surface area contributed by atoms with Crippen molar-refractivity contribution in [3.63, 3.8) is 0 Å². The van der Waals surface area contributed by atoms with E-state index >= 15 is 0 Å². The van der Waals surface area contributed by atoms with E-state index in [4.69, 9.17) is 4.74 Å². The number of aryl methyl sites for hydroxylation is 1. The van der Waals surface area contributed by atoms with Gasteiger partial charge < -0.3 is 14.6 Å².